The minimum Gasteiger partial charge on any atom is -0.367 e. The maximum absolute atomic E-state index is 5.34. The lowest BCUT2D eigenvalue weighted by molar-refractivity contribution is 0.502. The van der Waals surface area contributed by atoms with Gasteiger partial charge in [-0.2, -0.15) is 4.98 Å². The average Bonchev–Trinajstić information content (AvgIpc) is 2.57. The van der Waals surface area contributed by atoms with Crippen LogP contribution in [-0.4, -0.2) is 16.0 Å². The fourth-order valence-electron chi connectivity index (χ4n) is 2.48. The summed E-state index contributed by atoms with van der Waals surface area (Å²) in [6.07, 6.45) is 8.17. The lowest BCUT2D eigenvalue weighted by Crippen LogP contribution is -2.21. The highest BCUT2D eigenvalue weighted by molar-refractivity contribution is 5.46. The summed E-state index contributed by atoms with van der Waals surface area (Å²) in [6.45, 7) is 4.36. The van der Waals surface area contributed by atoms with Gasteiger partial charge in [0.05, 0.1) is 0 Å². The summed E-state index contributed by atoms with van der Waals surface area (Å²) < 4.78 is 0. The summed E-state index contributed by atoms with van der Waals surface area (Å²) in [7, 11) is 0. The minimum absolute atomic E-state index is 0.463. The number of hydrazine groups is 1. The first-order valence-electron chi connectivity index (χ1n) is 6.76. The van der Waals surface area contributed by atoms with Gasteiger partial charge in [0.2, 0.25) is 5.95 Å². The van der Waals surface area contributed by atoms with E-state index in [0.29, 0.717) is 12.0 Å². The van der Waals surface area contributed by atoms with Crippen LogP contribution in [0, 0.1) is 12.8 Å². The monoisotopic (exact) mass is 249 g/mol. The van der Waals surface area contributed by atoms with E-state index in [-0.39, 0.29) is 0 Å². The summed E-state index contributed by atoms with van der Waals surface area (Å²) in [5.41, 5.74) is 3.55. The SMILES string of the molecule is Cc1cnc(NN)nc1NC1CCCC(C)CC1. The van der Waals surface area contributed by atoms with E-state index in [1.54, 1.807) is 6.20 Å². The molecule has 2 atom stereocenters. The van der Waals surface area contributed by atoms with Gasteiger partial charge in [-0.05, 0) is 32.1 Å². The van der Waals surface area contributed by atoms with Gasteiger partial charge in [-0.1, -0.05) is 19.8 Å². The van der Waals surface area contributed by atoms with E-state index < -0.39 is 0 Å². The molecule has 2 rings (SSSR count). The predicted octanol–water partition coefficient (Wildman–Crippen LogP) is 2.45. The normalized spacial score (nSPS) is 24.4. The van der Waals surface area contributed by atoms with Crippen molar-refractivity contribution in [3.8, 4) is 0 Å². The number of nitrogens with one attached hydrogen (secondary N) is 2. The van der Waals surface area contributed by atoms with Crippen molar-refractivity contribution in [2.24, 2.45) is 11.8 Å². The number of nitrogens with two attached hydrogens (primary N) is 1. The van der Waals surface area contributed by atoms with Crippen LogP contribution in [0.15, 0.2) is 6.20 Å². The Hall–Kier alpha value is -1.36. The van der Waals surface area contributed by atoms with Crippen LogP contribution < -0.4 is 16.6 Å². The molecule has 18 heavy (non-hydrogen) atoms. The van der Waals surface area contributed by atoms with Crippen molar-refractivity contribution in [1.82, 2.24) is 9.97 Å². The third-order valence-corrected chi connectivity index (χ3v) is 3.70. The molecule has 0 radical (unpaired) electrons. The predicted molar refractivity (Wildman–Crippen MR) is 74.2 cm³/mol. The zero-order valence-corrected chi connectivity index (χ0v) is 11.2. The zero-order valence-electron chi connectivity index (χ0n) is 11.2. The van der Waals surface area contributed by atoms with Crippen molar-refractivity contribution in [3.63, 3.8) is 0 Å². The van der Waals surface area contributed by atoms with Crippen LogP contribution in [0.2, 0.25) is 0 Å². The second-order valence-corrected chi connectivity index (χ2v) is 5.32. The lowest BCUT2D eigenvalue weighted by Gasteiger charge is -2.18. The van der Waals surface area contributed by atoms with Gasteiger partial charge in [-0.25, -0.2) is 10.8 Å². The van der Waals surface area contributed by atoms with Gasteiger partial charge in [0.15, 0.2) is 0 Å². The lowest BCUT2D eigenvalue weighted by atomic mass is 10.0. The molecule has 5 nitrogen and oxygen atoms in total. The highest BCUT2D eigenvalue weighted by Gasteiger charge is 2.17. The third kappa shape index (κ3) is 3.32. The molecular weight excluding hydrogens is 226 g/mol. The first-order valence-corrected chi connectivity index (χ1v) is 6.76. The second-order valence-electron chi connectivity index (χ2n) is 5.32. The van der Waals surface area contributed by atoms with Gasteiger partial charge in [-0.3, -0.25) is 5.43 Å². The van der Waals surface area contributed by atoms with E-state index >= 15 is 0 Å². The Kier molecular flexibility index (Phi) is 4.36. The molecule has 0 spiro atoms. The highest BCUT2D eigenvalue weighted by Crippen LogP contribution is 2.25. The minimum atomic E-state index is 0.463. The van der Waals surface area contributed by atoms with Gasteiger partial charge in [-0.15, -0.1) is 0 Å². The summed E-state index contributed by atoms with van der Waals surface area (Å²) in [5.74, 6) is 7.56. The number of nitrogen functional groups attached to an aromatic ring is 1. The van der Waals surface area contributed by atoms with Gasteiger partial charge in [0.25, 0.3) is 0 Å². The largest absolute Gasteiger partial charge is 0.367 e. The van der Waals surface area contributed by atoms with Crippen molar-refractivity contribution >= 4 is 11.8 Å². The highest BCUT2D eigenvalue weighted by atomic mass is 15.3. The van der Waals surface area contributed by atoms with Crippen molar-refractivity contribution in [1.29, 1.82) is 0 Å². The van der Waals surface area contributed by atoms with E-state index in [1.807, 2.05) is 6.92 Å². The van der Waals surface area contributed by atoms with Crippen molar-refractivity contribution in [3.05, 3.63) is 11.8 Å². The molecule has 1 aliphatic carbocycles. The smallest absolute Gasteiger partial charge is 0.239 e. The molecule has 1 fully saturated rings. The van der Waals surface area contributed by atoms with Crippen molar-refractivity contribution in [2.75, 3.05) is 10.7 Å². The first-order chi connectivity index (χ1) is 8.69. The van der Waals surface area contributed by atoms with Gasteiger partial charge < -0.3 is 5.32 Å². The van der Waals surface area contributed by atoms with Crippen molar-refractivity contribution in [2.45, 2.75) is 52.0 Å². The Labute approximate surface area is 109 Å². The summed E-state index contributed by atoms with van der Waals surface area (Å²) in [5, 5.41) is 3.54. The Morgan fingerprint density at radius 2 is 2.11 bits per heavy atom. The van der Waals surface area contributed by atoms with Crippen LogP contribution in [0.1, 0.15) is 44.6 Å². The van der Waals surface area contributed by atoms with Crippen LogP contribution in [0.4, 0.5) is 11.8 Å². The van der Waals surface area contributed by atoms with Crippen molar-refractivity contribution < 1.29 is 0 Å². The molecule has 1 aliphatic rings. The number of nitrogens with zero attached hydrogens (tertiary/aromatic N) is 2. The standard InChI is InChI=1S/C13H23N5/c1-9-4-3-5-11(7-6-9)16-12-10(2)8-15-13(17-12)18-14/h8-9,11H,3-7,14H2,1-2H3,(H2,15,16,17,18). The topological polar surface area (TPSA) is 75.9 Å². The molecule has 0 aromatic carbocycles. The quantitative estimate of drug-likeness (QED) is 0.436. The number of rotatable bonds is 3. The molecule has 1 aromatic heterocycles. The molecule has 1 heterocycles. The van der Waals surface area contributed by atoms with Gasteiger partial charge in [0.1, 0.15) is 5.82 Å². The van der Waals surface area contributed by atoms with E-state index in [1.165, 1.54) is 32.1 Å². The van der Waals surface area contributed by atoms with Gasteiger partial charge in [0, 0.05) is 17.8 Å². The maximum Gasteiger partial charge on any atom is 0.239 e. The number of hydrogen-bond acceptors (Lipinski definition) is 5. The fourth-order valence-corrected chi connectivity index (χ4v) is 2.48. The second kappa shape index (κ2) is 6.00. The van der Waals surface area contributed by atoms with Gasteiger partial charge >= 0.3 is 0 Å². The molecule has 1 saturated carbocycles. The van der Waals surface area contributed by atoms with Crippen LogP contribution in [-0.2, 0) is 0 Å². The number of anilines is 2. The Bertz CT molecular complexity index is 393. The molecule has 0 bridgehead atoms. The number of aryl methyl sites for hydroxylation is 1. The van der Waals surface area contributed by atoms with E-state index in [0.717, 1.165) is 17.3 Å². The molecule has 2 unspecified atom stereocenters. The molecule has 100 valence electrons. The third-order valence-electron chi connectivity index (χ3n) is 3.70. The van der Waals surface area contributed by atoms with Crippen LogP contribution in [0.5, 0.6) is 0 Å². The first kappa shape index (κ1) is 13.1. The van der Waals surface area contributed by atoms with E-state index in [9.17, 15) is 0 Å². The molecule has 0 amide bonds. The molecule has 0 saturated heterocycles. The summed E-state index contributed by atoms with van der Waals surface area (Å²) in [4.78, 5) is 8.47. The molecule has 0 aliphatic heterocycles. The summed E-state index contributed by atoms with van der Waals surface area (Å²) in [6, 6.07) is 0.522. The van der Waals surface area contributed by atoms with Crippen LogP contribution >= 0.6 is 0 Å². The Morgan fingerprint density at radius 3 is 2.89 bits per heavy atom. The summed E-state index contributed by atoms with van der Waals surface area (Å²) >= 11 is 0. The number of hydrogen-bond donors (Lipinski definition) is 3. The average molecular weight is 249 g/mol. The van der Waals surface area contributed by atoms with E-state index in [4.69, 9.17) is 5.84 Å². The molecular formula is C13H23N5. The van der Waals surface area contributed by atoms with Crippen LogP contribution in [0.3, 0.4) is 0 Å². The molecule has 4 N–H and O–H groups in total. The molecule has 1 aromatic rings. The Balaban J connectivity index is 2.03. The molecule has 5 heteroatoms. The zero-order chi connectivity index (χ0) is 13.0. The van der Waals surface area contributed by atoms with E-state index in [2.05, 4.69) is 27.6 Å². The Morgan fingerprint density at radius 1 is 1.28 bits per heavy atom. The fraction of sp³-hybridized carbons (Fsp3) is 0.692. The van der Waals surface area contributed by atoms with Crippen LogP contribution in [0.25, 0.3) is 0 Å². The maximum atomic E-state index is 5.34. The number of aromatic nitrogens is 2.